The second-order valence-corrected chi connectivity index (χ2v) is 5.05. The van der Waals surface area contributed by atoms with Crippen molar-refractivity contribution < 1.29 is 14.3 Å². The van der Waals surface area contributed by atoms with Crippen LogP contribution in [0, 0.1) is 0 Å². The highest BCUT2D eigenvalue weighted by atomic mass is 79.9. The van der Waals surface area contributed by atoms with Crippen LogP contribution in [0.1, 0.15) is 6.92 Å². The van der Waals surface area contributed by atoms with Crippen LogP contribution in [0.5, 0.6) is 11.5 Å². The van der Waals surface area contributed by atoms with Crippen LogP contribution in [0.25, 0.3) is 0 Å². The third-order valence-electron chi connectivity index (χ3n) is 2.66. The first kappa shape index (κ1) is 15.4. The molecule has 5 heteroatoms. The fraction of sp³-hybridized carbons (Fsp3) is 0.188. The third kappa shape index (κ3) is 4.49. The van der Waals surface area contributed by atoms with E-state index in [1.807, 2.05) is 43.3 Å². The van der Waals surface area contributed by atoms with Crippen LogP contribution in [0.15, 0.2) is 53.0 Å². The highest BCUT2D eigenvalue weighted by Crippen LogP contribution is 2.25. The second kappa shape index (κ2) is 7.69. The Morgan fingerprint density at radius 3 is 2.43 bits per heavy atom. The van der Waals surface area contributed by atoms with Gasteiger partial charge in [0.2, 0.25) is 0 Å². The van der Waals surface area contributed by atoms with Gasteiger partial charge in [-0.1, -0.05) is 24.3 Å². The number of para-hydroxylation sites is 3. The predicted octanol–water partition coefficient (Wildman–Crippen LogP) is 3.87. The first-order valence-corrected chi connectivity index (χ1v) is 7.39. The number of amides is 1. The quantitative estimate of drug-likeness (QED) is 0.861. The topological polar surface area (TPSA) is 47.6 Å². The molecular weight excluding hydrogens is 334 g/mol. The van der Waals surface area contributed by atoms with Crippen molar-refractivity contribution in [2.24, 2.45) is 0 Å². The monoisotopic (exact) mass is 349 g/mol. The number of benzene rings is 2. The summed E-state index contributed by atoms with van der Waals surface area (Å²) in [5.41, 5.74) is 0.639. The van der Waals surface area contributed by atoms with Gasteiger partial charge in [0, 0.05) is 0 Å². The minimum atomic E-state index is -0.238. The van der Waals surface area contributed by atoms with Gasteiger partial charge in [-0.15, -0.1) is 0 Å². The van der Waals surface area contributed by atoms with Crippen LogP contribution in [0.3, 0.4) is 0 Å². The van der Waals surface area contributed by atoms with E-state index in [4.69, 9.17) is 9.47 Å². The maximum atomic E-state index is 11.9. The Hall–Kier alpha value is -2.01. The van der Waals surface area contributed by atoms with Gasteiger partial charge in [-0.3, -0.25) is 4.79 Å². The molecule has 2 aromatic carbocycles. The van der Waals surface area contributed by atoms with E-state index in [1.54, 1.807) is 12.1 Å². The molecule has 0 aliphatic heterocycles. The van der Waals surface area contributed by atoms with Gasteiger partial charge in [-0.2, -0.15) is 0 Å². The Bertz CT molecular complexity index is 616. The number of halogens is 1. The number of carbonyl (C=O) groups excluding carboxylic acids is 1. The molecule has 2 aromatic rings. The van der Waals surface area contributed by atoms with Crippen molar-refractivity contribution in [3.63, 3.8) is 0 Å². The highest BCUT2D eigenvalue weighted by Gasteiger charge is 2.09. The lowest BCUT2D eigenvalue weighted by molar-refractivity contribution is -0.118. The van der Waals surface area contributed by atoms with Gasteiger partial charge in [0.05, 0.1) is 16.8 Å². The van der Waals surface area contributed by atoms with Crippen molar-refractivity contribution in [1.29, 1.82) is 0 Å². The summed E-state index contributed by atoms with van der Waals surface area (Å²) in [4.78, 5) is 11.9. The van der Waals surface area contributed by atoms with Crippen molar-refractivity contribution in [2.45, 2.75) is 6.92 Å². The average Bonchev–Trinajstić information content (AvgIpc) is 2.49. The predicted molar refractivity (Wildman–Crippen MR) is 85.9 cm³/mol. The van der Waals surface area contributed by atoms with Crippen molar-refractivity contribution in [2.75, 3.05) is 18.5 Å². The Balaban J connectivity index is 1.95. The number of rotatable bonds is 6. The maximum Gasteiger partial charge on any atom is 0.262 e. The van der Waals surface area contributed by atoms with Gasteiger partial charge >= 0.3 is 0 Å². The molecule has 0 aromatic heterocycles. The SMILES string of the molecule is CCOc1ccccc1NC(=O)COc1ccccc1Br. The van der Waals surface area contributed by atoms with Gasteiger partial charge in [0.1, 0.15) is 11.5 Å². The number of hydrogen-bond donors (Lipinski definition) is 1. The molecule has 1 N–H and O–H groups in total. The maximum absolute atomic E-state index is 11.9. The largest absolute Gasteiger partial charge is 0.492 e. The van der Waals surface area contributed by atoms with Crippen LogP contribution < -0.4 is 14.8 Å². The molecule has 0 atom stereocenters. The molecule has 21 heavy (non-hydrogen) atoms. The summed E-state index contributed by atoms with van der Waals surface area (Å²) < 4.78 is 11.7. The molecule has 4 nitrogen and oxygen atoms in total. The van der Waals surface area contributed by atoms with E-state index in [2.05, 4.69) is 21.2 Å². The number of carbonyl (C=O) groups is 1. The summed E-state index contributed by atoms with van der Waals surface area (Å²) in [5, 5.41) is 2.78. The van der Waals surface area contributed by atoms with Crippen molar-refractivity contribution in [3.8, 4) is 11.5 Å². The second-order valence-electron chi connectivity index (χ2n) is 4.20. The summed E-state index contributed by atoms with van der Waals surface area (Å²) >= 11 is 3.37. The van der Waals surface area contributed by atoms with Crippen LogP contribution in [-0.4, -0.2) is 19.1 Å². The van der Waals surface area contributed by atoms with Gasteiger partial charge in [-0.05, 0) is 47.1 Å². The van der Waals surface area contributed by atoms with E-state index in [0.29, 0.717) is 23.8 Å². The van der Waals surface area contributed by atoms with Gasteiger partial charge in [0.25, 0.3) is 5.91 Å². The van der Waals surface area contributed by atoms with Crippen LogP contribution >= 0.6 is 15.9 Å². The Kier molecular flexibility index (Phi) is 5.63. The average molecular weight is 350 g/mol. The van der Waals surface area contributed by atoms with Crippen LogP contribution in [0.2, 0.25) is 0 Å². The number of anilines is 1. The van der Waals surface area contributed by atoms with Gasteiger partial charge < -0.3 is 14.8 Å². The summed E-state index contributed by atoms with van der Waals surface area (Å²) in [7, 11) is 0. The zero-order valence-corrected chi connectivity index (χ0v) is 13.2. The van der Waals surface area contributed by atoms with Gasteiger partial charge in [0.15, 0.2) is 6.61 Å². The molecular formula is C16H16BrNO3. The molecule has 0 aliphatic carbocycles. The summed E-state index contributed by atoms with van der Waals surface area (Å²) in [6, 6.07) is 14.7. The fourth-order valence-electron chi connectivity index (χ4n) is 1.74. The first-order chi connectivity index (χ1) is 10.2. The van der Waals surface area contributed by atoms with Crippen LogP contribution in [0.4, 0.5) is 5.69 Å². The van der Waals surface area contributed by atoms with E-state index in [9.17, 15) is 4.79 Å². The molecule has 0 aliphatic rings. The molecule has 0 fully saturated rings. The fourth-order valence-corrected chi connectivity index (χ4v) is 2.14. The summed E-state index contributed by atoms with van der Waals surface area (Å²) in [5.74, 6) is 1.04. The lowest BCUT2D eigenvalue weighted by Gasteiger charge is -2.12. The summed E-state index contributed by atoms with van der Waals surface area (Å²) in [6.45, 7) is 2.37. The molecule has 2 rings (SSSR count). The molecule has 0 saturated heterocycles. The Morgan fingerprint density at radius 2 is 1.71 bits per heavy atom. The lowest BCUT2D eigenvalue weighted by atomic mass is 10.3. The van der Waals surface area contributed by atoms with Crippen molar-refractivity contribution in [3.05, 3.63) is 53.0 Å². The van der Waals surface area contributed by atoms with Crippen LogP contribution in [-0.2, 0) is 4.79 Å². The Labute approximate surface area is 132 Å². The van der Waals surface area contributed by atoms with E-state index < -0.39 is 0 Å². The Morgan fingerprint density at radius 1 is 1.05 bits per heavy atom. The molecule has 1 amide bonds. The normalized spacial score (nSPS) is 10.0. The first-order valence-electron chi connectivity index (χ1n) is 6.59. The van der Waals surface area contributed by atoms with E-state index in [-0.39, 0.29) is 12.5 Å². The molecule has 110 valence electrons. The van der Waals surface area contributed by atoms with E-state index >= 15 is 0 Å². The third-order valence-corrected chi connectivity index (χ3v) is 3.31. The van der Waals surface area contributed by atoms with Gasteiger partial charge in [-0.25, -0.2) is 0 Å². The zero-order valence-electron chi connectivity index (χ0n) is 11.6. The molecule has 0 saturated carbocycles. The smallest absolute Gasteiger partial charge is 0.262 e. The van der Waals surface area contributed by atoms with Crippen molar-refractivity contribution >= 4 is 27.5 Å². The van der Waals surface area contributed by atoms with Crippen molar-refractivity contribution in [1.82, 2.24) is 0 Å². The lowest BCUT2D eigenvalue weighted by Crippen LogP contribution is -2.20. The standard InChI is InChI=1S/C16H16BrNO3/c1-2-20-15-10-6-4-8-13(15)18-16(19)11-21-14-9-5-3-7-12(14)17/h3-10H,2,11H2,1H3,(H,18,19). The molecule has 0 unspecified atom stereocenters. The number of nitrogens with one attached hydrogen (secondary N) is 1. The molecule has 0 spiro atoms. The highest BCUT2D eigenvalue weighted by molar-refractivity contribution is 9.10. The minimum Gasteiger partial charge on any atom is -0.492 e. The summed E-state index contributed by atoms with van der Waals surface area (Å²) in [6.07, 6.45) is 0. The van der Waals surface area contributed by atoms with E-state index in [1.165, 1.54) is 0 Å². The van der Waals surface area contributed by atoms with E-state index in [0.717, 1.165) is 4.47 Å². The zero-order chi connectivity index (χ0) is 15.1. The molecule has 0 heterocycles. The molecule has 0 bridgehead atoms. The number of ether oxygens (including phenoxy) is 2. The minimum absolute atomic E-state index is 0.0664. The molecule has 0 radical (unpaired) electrons. The number of hydrogen-bond acceptors (Lipinski definition) is 3.